The van der Waals surface area contributed by atoms with Gasteiger partial charge in [0.1, 0.15) is 10.4 Å². The summed E-state index contributed by atoms with van der Waals surface area (Å²) in [6.45, 7) is 18.6. The zero-order valence-electron chi connectivity index (χ0n) is 20.5. The van der Waals surface area contributed by atoms with Gasteiger partial charge in [-0.05, 0) is 83.5 Å². The standard InChI is InChI=1S/C26H43BrO4/c1-18(9-13-23-29-16-17-30-23)8-11-21-12-10-19(2)26(7,20(21)3)15-14-22(27)24(28)31-25(4,5)6/h8,19,21-23H,3,9-17H2,1-2,4-7H3/b18-8+/t19-,21-,22-,26+/m0/s1. The summed E-state index contributed by atoms with van der Waals surface area (Å²) in [6, 6.07) is 0. The van der Waals surface area contributed by atoms with E-state index in [9.17, 15) is 4.79 Å². The number of hydrogen-bond acceptors (Lipinski definition) is 4. The molecule has 0 aromatic heterocycles. The second-order valence-electron chi connectivity index (χ2n) is 10.7. The van der Waals surface area contributed by atoms with E-state index >= 15 is 0 Å². The SMILES string of the molecule is C=C1[C@@H](C/C=C(\C)CCC2OCCO2)CC[C@H](C)[C@@]1(C)CC[C@H](Br)C(=O)OC(C)(C)C. The third-order valence-electron chi connectivity index (χ3n) is 7.06. The maximum Gasteiger partial charge on any atom is 0.320 e. The molecule has 4 nitrogen and oxygen atoms in total. The van der Waals surface area contributed by atoms with Crippen LogP contribution in [0.1, 0.15) is 86.5 Å². The van der Waals surface area contributed by atoms with Crippen LogP contribution in [0.15, 0.2) is 23.8 Å². The van der Waals surface area contributed by atoms with Crippen molar-refractivity contribution in [3.05, 3.63) is 23.8 Å². The number of rotatable bonds is 9. The fraction of sp³-hybridized carbons (Fsp3) is 0.808. The Morgan fingerprint density at radius 2 is 1.97 bits per heavy atom. The van der Waals surface area contributed by atoms with Crippen LogP contribution < -0.4 is 0 Å². The molecule has 2 aliphatic rings. The van der Waals surface area contributed by atoms with Crippen LogP contribution in [0.4, 0.5) is 0 Å². The van der Waals surface area contributed by atoms with E-state index in [2.05, 4.69) is 49.4 Å². The highest BCUT2D eigenvalue weighted by Crippen LogP contribution is 2.51. The lowest BCUT2D eigenvalue weighted by atomic mass is 9.59. The molecule has 0 amide bonds. The van der Waals surface area contributed by atoms with Gasteiger partial charge >= 0.3 is 5.97 Å². The molecule has 0 spiro atoms. The van der Waals surface area contributed by atoms with Crippen LogP contribution >= 0.6 is 15.9 Å². The van der Waals surface area contributed by atoms with Gasteiger partial charge in [0, 0.05) is 6.42 Å². The minimum Gasteiger partial charge on any atom is -0.459 e. The number of esters is 1. The number of alkyl halides is 1. The summed E-state index contributed by atoms with van der Waals surface area (Å²) < 4.78 is 16.6. The maximum atomic E-state index is 12.4. The van der Waals surface area contributed by atoms with Crippen LogP contribution in [0.2, 0.25) is 0 Å². The topological polar surface area (TPSA) is 44.8 Å². The lowest BCUT2D eigenvalue weighted by Gasteiger charge is -2.46. The fourth-order valence-corrected chi connectivity index (χ4v) is 4.99. The maximum absolute atomic E-state index is 12.4. The highest BCUT2D eigenvalue weighted by molar-refractivity contribution is 9.10. The average molecular weight is 500 g/mol. The Kier molecular flexibility index (Phi) is 9.84. The molecule has 1 saturated heterocycles. The largest absolute Gasteiger partial charge is 0.459 e. The number of hydrogen-bond donors (Lipinski definition) is 0. The van der Waals surface area contributed by atoms with Crippen molar-refractivity contribution >= 4 is 21.9 Å². The van der Waals surface area contributed by atoms with Crippen molar-refractivity contribution in [1.82, 2.24) is 0 Å². The van der Waals surface area contributed by atoms with Crippen LogP contribution in [0.3, 0.4) is 0 Å². The second-order valence-corrected chi connectivity index (χ2v) is 11.8. The molecular weight excluding hydrogens is 456 g/mol. The minimum absolute atomic E-state index is 0.0284. The van der Waals surface area contributed by atoms with Crippen molar-refractivity contribution in [2.75, 3.05) is 13.2 Å². The Labute approximate surface area is 198 Å². The van der Waals surface area contributed by atoms with Gasteiger partial charge in [0.2, 0.25) is 0 Å². The van der Waals surface area contributed by atoms with Gasteiger partial charge < -0.3 is 14.2 Å². The molecule has 5 heteroatoms. The van der Waals surface area contributed by atoms with Gasteiger partial charge in [0.25, 0.3) is 0 Å². The van der Waals surface area contributed by atoms with Crippen molar-refractivity contribution in [2.24, 2.45) is 17.3 Å². The van der Waals surface area contributed by atoms with E-state index in [1.165, 1.54) is 24.0 Å². The molecule has 0 bridgehead atoms. The van der Waals surface area contributed by atoms with Gasteiger partial charge in [-0.15, -0.1) is 0 Å². The molecule has 1 aliphatic carbocycles. The van der Waals surface area contributed by atoms with Crippen molar-refractivity contribution in [3.63, 3.8) is 0 Å². The highest BCUT2D eigenvalue weighted by Gasteiger charge is 2.41. The molecule has 0 unspecified atom stereocenters. The monoisotopic (exact) mass is 498 g/mol. The summed E-state index contributed by atoms with van der Waals surface area (Å²) in [5.41, 5.74) is 2.34. The van der Waals surface area contributed by atoms with Crippen molar-refractivity contribution in [2.45, 2.75) is 103 Å². The summed E-state index contributed by atoms with van der Waals surface area (Å²) in [7, 11) is 0. The van der Waals surface area contributed by atoms with Crippen molar-refractivity contribution in [1.29, 1.82) is 0 Å². The van der Waals surface area contributed by atoms with Crippen molar-refractivity contribution in [3.8, 4) is 0 Å². The zero-order valence-corrected chi connectivity index (χ0v) is 22.1. The molecule has 1 heterocycles. The molecule has 2 fully saturated rings. The normalized spacial score (nSPS) is 29.3. The molecule has 31 heavy (non-hydrogen) atoms. The van der Waals surface area contributed by atoms with Gasteiger partial charge in [-0.2, -0.15) is 0 Å². The summed E-state index contributed by atoms with van der Waals surface area (Å²) in [4.78, 5) is 12.1. The van der Waals surface area contributed by atoms with Gasteiger partial charge in [-0.25, -0.2) is 0 Å². The van der Waals surface area contributed by atoms with Gasteiger partial charge in [-0.1, -0.05) is 53.6 Å². The Hall–Kier alpha value is -0.650. The quantitative estimate of drug-likeness (QED) is 0.195. The molecule has 4 atom stereocenters. The first kappa shape index (κ1) is 26.6. The van der Waals surface area contributed by atoms with E-state index in [1.807, 2.05) is 20.8 Å². The Bertz CT molecular complexity index is 644. The van der Waals surface area contributed by atoms with Gasteiger partial charge in [-0.3, -0.25) is 4.79 Å². The summed E-state index contributed by atoms with van der Waals surface area (Å²) in [5.74, 6) is 0.900. The first-order valence-corrected chi connectivity index (χ1v) is 12.8. The zero-order chi connectivity index (χ0) is 23.2. The highest BCUT2D eigenvalue weighted by atomic mass is 79.9. The molecule has 1 aliphatic heterocycles. The number of ether oxygens (including phenoxy) is 3. The molecular formula is C26H43BrO4. The molecule has 0 aromatic carbocycles. The van der Waals surface area contributed by atoms with Crippen LogP contribution in [0.5, 0.6) is 0 Å². The van der Waals surface area contributed by atoms with Crippen LogP contribution in [-0.2, 0) is 19.0 Å². The predicted octanol–water partition coefficient (Wildman–Crippen LogP) is 6.97. The molecule has 1 saturated carbocycles. The smallest absolute Gasteiger partial charge is 0.320 e. The van der Waals surface area contributed by atoms with Crippen molar-refractivity contribution < 1.29 is 19.0 Å². The molecule has 178 valence electrons. The number of halogens is 1. The van der Waals surface area contributed by atoms with E-state index in [0.29, 0.717) is 11.8 Å². The number of allylic oxidation sites excluding steroid dienone is 3. The average Bonchev–Trinajstić information content (AvgIpc) is 3.20. The Morgan fingerprint density at radius 3 is 2.58 bits per heavy atom. The molecule has 0 aromatic rings. The molecule has 0 radical (unpaired) electrons. The summed E-state index contributed by atoms with van der Waals surface area (Å²) in [5, 5.41) is 0. The lowest BCUT2D eigenvalue weighted by Crippen LogP contribution is -2.37. The van der Waals surface area contributed by atoms with E-state index in [-0.39, 0.29) is 22.5 Å². The fourth-order valence-electron chi connectivity index (χ4n) is 4.67. The Balaban J connectivity index is 1.90. The van der Waals surface area contributed by atoms with E-state index in [0.717, 1.165) is 45.3 Å². The Morgan fingerprint density at radius 1 is 1.32 bits per heavy atom. The predicted molar refractivity (Wildman–Crippen MR) is 130 cm³/mol. The van der Waals surface area contributed by atoms with Gasteiger partial charge in [0.05, 0.1) is 13.2 Å². The van der Waals surface area contributed by atoms with Gasteiger partial charge in [0.15, 0.2) is 6.29 Å². The summed E-state index contributed by atoms with van der Waals surface area (Å²) >= 11 is 3.56. The number of carbonyl (C=O) groups is 1. The third-order valence-corrected chi connectivity index (χ3v) is 7.89. The minimum atomic E-state index is -0.458. The van der Waals surface area contributed by atoms with E-state index in [4.69, 9.17) is 14.2 Å². The van der Waals surface area contributed by atoms with Crippen LogP contribution in [-0.4, -0.2) is 35.9 Å². The summed E-state index contributed by atoms with van der Waals surface area (Å²) in [6.07, 6.45) is 9.44. The first-order chi connectivity index (χ1) is 14.4. The third kappa shape index (κ3) is 8.01. The van der Waals surface area contributed by atoms with Crippen LogP contribution in [0, 0.1) is 17.3 Å². The van der Waals surface area contributed by atoms with Crippen LogP contribution in [0.25, 0.3) is 0 Å². The second kappa shape index (κ2) is 11.5. The number of carbonyl (C=O) groups excluding carboxylic acids is 1. The molecule has 0 N–H and O–H groups in total. The van der Waals surface area contributed by atoms with E-state index in [1.54, 1.807) is 0 Å². The lowest BCUT2D eigenvalue weighted by molar-refractivity contribution is -0.154. The first-order valence-electron chi connectivity index (χ1n) is 11.9. The van der Waals surface area contributed by atoms with E-state index < -0.39 is 5.60 Å². The molecule has 2 rings (SSSR count).